The molecule has 0 N–H and O–H groups in total. The summed E-state index contributed by atoms with van der Waals surface area (Å²) >= 11 is 0. The summed E-state index contributed by atoms with van der Waals surface area (Å²) < 4.78 is 10.3. The van der Waals surface area contributed by atoms with Gasteiger partial charge in [0.25, 0.3) is 0 Å². The molecule has 0 radical (unpaired) electrons. The van der Waals surface area contributed by atoms with E-state index in [-0.39, 0.29) is 11.6 Å². The number of carbonyl (C=O) groups is 2. The first-order valence-corrected chi connectivity index (χ1v) is 7.03. The first kappa shape index (κ1) is 14.3. The van der Waals surface area contributed by atoms with Crippen LogP contribution >= 0.6 is 0 Å². The summed E-state index contributed by atoms with van der Waals surface area (Å²) in [5.74, 6) is 0.475. The van der Waals surface area contributed by atoms with Crippen LogP contribution in [0.15, 0.2) is 42.5 Å². The van der Waals surface area contributed by atoms with E-state index in [1.54, 1.807) is 50.6 Å². The number of rotatable bonds is 4. The van der Waals surface area contributed by atoms with Crippen LogP contribution in [0.1, 0.15) is 26.3 Å². The molecular formula is C18H16O4. The molecule has 2 aromatic rings. The van der Waals surface area contributed by atoms with Crippen LogP contribution in [-0.2, 0) is 6.42 Å². The van der Waals surface area contributed by atoms with E-state index < -0.39 is 5.92 Å². The van der Waals surface area contributed by atoms with Gasteiger partial charge in [-0.3, -0.25) is 9.59 Å². The van der Waals surface area contributed by atoms with Crippen molar-refractivity contribution in [2.75, 3.05) is 14.2 Å². The Hall–Kier alpha value is -2.62. The zero-order valence-electron chi connectivity index (χ0n) is 12.5. The van der Waals surface area contributed by atoms with Gasteiger partial charge < -0.3 is 9.47 Å². The maximum atomic E-state index is 12.6. The lowest BCUT2D eigenvalue weighted by molar-refractivity contribution is 0.0822. The molecule has 3 rings (SSSR count). The van der Waals surface area contributed by atoms with Gasteiger partial charge in [-0.15, -0.1) is 0 Å². The lowest BCUT2D eigenvalue weighted by Crippen LogP contribution is -2.20. The highest BCUT2D eigenvalue weighted by atomic mass is 16.5. The summed E-state index contributed by atoms with van der Waals surface area (Å²) in [4.78, 5) is 25.0. The van der Waals surface area contributed by atoms with Gasteiger partial charge >= 0.3 is 0 Å². The quantitative estimate of drug-likeness (QED) is 0.643. The average molecular weight is 296 g/mol. The first-order chi connectivity index (χ1) is 10.6. The third-order valence-electron chi connectivity index (χ3n) is 4.01. The summed E-state index contributed by atoms with van der Waals surface area (Å²) in [5, 5.41) is 0. The minimum atomic E-state index is -0.643. The Morgan fingerprint density at radius 3 is 2.27 bits per heavy atom. The van der Waals surface area contributed by atoms with Gasteiger partial charge in [-0.05, 0) is 54.4 Å². The van der Waals surface area contributed by atoms with E-state index in [1.807, 2.05) is 6.07 Å². The predicted octanol–water partition coefficient (Wildman–Crippen LogP) is 2.94. The zero-order chi connectivity index (χ0) is 15.7. The van der Waals surface area contributed by atoms with Crippen molar-refractivity contribution in [3.63, 3.8) is 0 Å². The Labute approximate surface area is 128 Å². The number of carbonyl (C=O) groups excluding carboxylic acids is 2. The molecule has 0 saturated carbocycles. The van der Waals surface area contributed by atoms with Crippen LogP contribution in [0.5, 0.6) is 11.5 Å². The lowest BCUT2D eigenvalue weighted by atomic mass is 9.94. The summed E-state index contributed by atoms with van der Waals surface area (Å²) in [5.41, 5.74) is 2.02. The Kier molecular flexibility index (Phi) is 3.67. The Morgan fingerprint density at radius 1 is 1.00 bits per heavy atom. The molecular weight excluding hydrogens is 280 g/mol. The van der Waals surface area contributed by atoms with Crippen LogP contribution in [0.25, 0.3) is 0 Å². The minimum absolute atomic E-state index is 0.113. The largest absolute Gasteiger partial charge is 0.497 e. The van der Waals surface area contributed by atoms with Gasteiger partial charge in [-0.1, -0.05) is 0 Å². The molecule has 0 bridgehead atoms. The van der Waals surface area contributed by atoms with E-state index in [4.69, 9.17) is 9.47 Å². The predicted molar refractivity (Wildman–Crippen MR) is 81.8 cm³/mol. The number of fused-ring (bicyclic) bond motifs is 1. The molecule has 0 fully saturated rings. The van der Waals surface area contributed by atoms with Crippen molar-refractivity contribution in [1.82, 2.24) is 0 Å². The molecule has 0 saturated heterocycles. The summed E-state index contributed by atoms with van der Waals surface area (Å²) in [6.45, 7) is 0. The summed E-state index contributed by atoms with van der Waals surface area (Å²) in [6, 6.07) is 12.1. The van der Waals surface area contributed by atoms with Crippen molar-refractivity contribution in [2.24, 2.45) is 5.92 Å². The highest BCUT2D eigenvalue weighted by Crippen LogP contribution is 2.32. The zero-order valence-corrected chi connectivity index (χ0v) is 12.5. The third-order valence-corrected chi connectivity index (χ3v) is 4.01. The number of methoxy groups -OCH3 is 2. The van der Waals surface area contributed by atoms with Crippen LogP contribution in [0.3, 0.4) is 0 Å². The number of benzene rings is 2. The van der Waals surface area contributed by atoms with Crippen LogP contribution in [0.2, 0.25) is 0 Å². The van der Waals surface area contributed by atoms with Gasteiger partial charge in [0.2, 0.25) is 0 Å². The van der Waals surface area contributed by atoms with Gasteiger partial charge in [-0.25, -0.2) is 0 Å². The number of hydrogen-bond acceptors (Lipinski definition) is 4. The van der Waals surface area contributed by atoms with Crippen molar-refractivity contribution in [3.05, 3.63) is 59.2 Å². The fourth-order valence-corrected chi connectivity index (χ4v) is 2.77. The van der Waals surface area contributed by atoms with E-state index >= 15 is 0 Å². The molecule has 4 nitrogen and oxygen atoms in total. The molecule has 0 heterocycles. The SMILES string of the molecule is COc1ccc(C(=O)C2Cc3cc(OC)ccc3C2=O)cc1. The molecule has 0 aliphatic heterocycles. The van der Waals surface area contributed by atoms with Crippen molar-refractivity contribution in [3.8, 4) is 11.5 Å². The number of ketones is 2. The van der Waals surface area contributed by atoms with E-state index in [9.17, 15) is 9.59 Å². The van der Waals surface area contributed by atoms with Crippen LogP contribution < -0.4 is 9.47 Å². The smallest absolute Gasteiger partial charge is 0.174 e. The van der Waals surface area contributed by atoms with E-state index in [1.165, 1.54) is 0 Å². The number of ether oxygens (including phenoxy) is 2. The first-order valence-electron chi connectivity index (χ1n) is 7.03. The number of hydrogen-bond donors (Lipinski definition) is 0. The maximum absolute atomic E-state index is 12.6. The Bertz CT molecular complexity index is 731. The molecule has 0 amide bonds. The van der Waals surface area contributed by atoms with Gasteiger partial charge in [0.05, 0.1) is 20.1 Å². The average Bonchev–Trinajstić information content (AvgIpc) is 2.90. The van der Waals surface area contributed by atoms with Gasteiger partial charge in [0, 0.05) is 11.1 Å². The van der Waals surface area contributed by atoms with Crippen molar-refractivity contribution >= 4 is 11.6 Å². The maximum Gasteiger partial charge on any atom is 0.174 e. The lowest BCUT2D eigenvalue weighted by Gasteiger charge is -2.07. The van der Waals surface area contributed by atoms with Crippen molar-refractivity contribution in [1.29, 1.82) is 0 Å². The fourth-order valence-electron chi connectivity index (χ4n) is 2.77. The standard InChI is InChI=1S/C18H16O4/c1-21-13-5-3-11(4-6-13)17(19)16-10-12-9-14(22-2)7-8-15(12)18(16)20/h3-9,16H,10H2,1-2H3. The van der Waals surface area contributed by atoms with E-state index in [0.717, 1.165) is 5.56 Å². The molecule has 1 unspecified atom stereocenters. The van der Waals surface area contributed by atoms with Crippen LogP contribution in [-0.4, -0.2) is 25.8 Å². The molecule has 2 aromatic carbocycles. The molecule has 112 valence electrons. The summed E-state index contributed by atoms with van der Waals surface area (Å²) in [7, 11) is 3.15. The van der Waals surface area contributed by atoms with Gasteiger partial charge in [0.1, 0.15) is 11.5 Å². The number of Topliss-reactive ketones (excluding diaryl/α,β-unsaturated/α-hetero) is 2. The Balaban J connectivity index is 1.86. The third kappa shape index (κ3) is 2.37. The fraction of sp³-hybridized carbons (Fsp3) is 0.222. The topological polar surface area (TPSA) is 52.6 Å². The highest BCUT2D eigenvalue weighted by molar-refractivity contribution is 6.18. The highest BCUT2D eigenvalue weighted by Gasteiger charge is 2.36. The minimum Gasteiger partial charge on any atom is -0.497 e. The second-order valence-corrected chi connectivity index (χ2v) is 5.24. The molecule has 0 spiro atoms. The summed E-state index contributed by atoms with van der Waals surface area (Å²) in [6.07, 6.45) is 0.427. The van der Waals surface area contributed by atoms with Crippen LogP contribution in [0, 0.1) is 5.92 Å². The van der Waals surface area contributed by atoms with Gasteiger partial charge in [0.15, 0.2) is 11.6 Å². The monoisotopic (exact) mass is 296 g/mol. The molecule has 4 heteroatoms. The van der Waals surface area contributed by atoms with E-state index in [2.05, 4.69) is 0 Å². The second kappa shape index (κ2) is 5.64. The van der Waals surface area contributed by atoms with Crippen molar-refractivity contribution < 1.29 is 19.1 Å². The van der Waals surface area contributed by atoms with Crippen LogP contribution in [0.4, 0.5) is 0 Å². The Morgan fingerprint density at radius 2 is 1.64 bits per heavy atom. The molecule has 1 aliphatic carbocycles. The molecule has 0 aromatic heterocycles. The second-order valence-electron chi connectivity index (χ2n) is 5.24. The molecule has 22 heavy (non-hydrogen) atoms. The van der Waals surface area contributed by atoms with E-state index in [0.29, 0.717) is 29.0 Å². The normalized spacial score (nSPS) is 16.3. The van der Waals surface area contributed by atoms with Crippen molar-refractivity contribution in [2.45, 2.75) is 6.42 Å². The molecule has 1 aliphatic rings. The van der Waals surface area contributed by atoms with Gasteiger partial charge in [-0.2, -0.15) is 0 Å². The molecule has 1 atom stereocenters.